The van der Waals surface area contributed by atoms with Crippen molar-refractivity contribution < 1.29 is 5.11 Å². The second-order valence-corrected chi connectivity index (χ2v) is 5.45. The third kappa shape index (κ3) is 2.31. The molecule has 14 heavy (non-hydrogen) atoms. The smallest absolute Gasteiger partial charge is 0.0543 e. The number of fused-ring (bicyclic) bond motifs is 1. The van der Waals surface area contributed by atoms with Crippen LogP contribution in [0, 0.1) is 17.8 Å². The molecular formula is C13H24O. The summed E-state index contributed by atoms with van der Waals surface area (Å²) in [4.78, 5) is 0. The van der Waals surface area contributed by atoms with Crippen LogP contribution in [0.15, 0.2) is 0 Å². The third-order valence-corrected chi connectivity index (χ3v) is 4.39. The molecule has 0 saturated heterocycles. The van der Waals surface area contributed by atoms with Crippen LogP contribution in [0.3, 0.4) is 0 Å². The lowest BCUT2D eigenvalue weighted by Crippen LogP contribution is -2.32. The molecule has 2 aliphatic carbocycles. The Morgan fingerprint density at radius 1 is 1.00 bits per heavy atom. The molecule has 0 heterocycles. The van der Waals surface area contributed by atoms with Gasteiger partial charge in [0.1, 0.15) is 0 Å². The molecule has 4 atom stereocenters. The van der Waals surface area contributed by atoms with Gasteiger partial charge in [0.15, 0.2) is 0 Å². The van der Waals surface area contributed by atoms with Gasteiger partial charge >= 0.3 is 0 Å². The van der Waals surface area contributed by atoms with E-state index in [0.29, 0.717) is 0 Å². The van der Waals surface area contributed by atoms with E-state index in [1.165, 1.54) is 38.5 Å². The summed E-state index contributed by atoms with van der Waals surface area (Å²) in [7, 11) is 0. The summed E-state index contributed by atoms with van der Waals surface area (Å²) in [5, 5.41) is 9.62. The first-order valence-electron chi connectivity index (χ1n) is 6.47. The zero-order valence-corrected chi connectivity index (χ0v) is 9.41. The van der Waals surface area contributed by atoms with E-state index in [1.54, 1.807) is 0 Å². The Morgan fingerprint density at radius 3 is 2.50 bits per heavy atom. The predicted molar refractivity (Wildman–Crippen MR) is 59.1 cm³/mol. The van der Waals surface area contributed by atoms with Crippen LogP contribution in [-0.2, 0) is 0 Å². The molecule has 82 valence electrons. The highest BCUT2D eigenvalue weighted by Crippen LogP contribution is 2.43. The standard InChI is InChI=1S/C13H24O/c1-2-3-10-4-5-12-9-13(14)7-6-11(12)8-10/h10-14H,2-9H2,1H3/t10-,11-,12-,13-/m1/s1. The van der Waals surface area contributed by atoms with Crippen molar-refractivity contribution in [2.24, 2.45) is 17.8 Å². The molecule has 0 aromatic heterocycles. The maximum Gasteiger partial charge on any atom is 0.0543 e. The lowest BCUT2D eigenvalue weighted by atomic mass is 9.66. The van der Waals surface area contributed by atoms with Crippen molar-refractivity contribution in [3.8, 4) is 0 Å². The lowest BCUT2D eigenvalue weighted by molar-refractivity contribution is 0.0340. The quantitative estimate of drug-likeness (QED) is 0.718. The van der Waals surface area contributed by atoms with Gasteiger partial charge < -0.3 is 5.11 Å². The minimum absolute atomic E-state index is 0.0268. The molecule has 0 aromatic carbocycles. The maximum absolute atomic E-state index is 9.62. The number of rotatable bonds is 2. The molecule has 1 nitrogen and oxygen atoms in total. The molecule has 2 fully saturated rings. The normalized spacial score (nSPS) is 43.3. The topological polar surface area (TPSA) is 20.2 Å². The van der Waals surface area contributed by atoms with Crippen molar-refractivity contribution in [3.05, 3.63) is 0 Å². The molecule has 2 aliphatic rings. The summed E-state index contributed by atoms with van der Waals surface area (Å²) in [6.45, 7) is 2.30. The van der Waals surface area contributed by atoms with Crippen molar-refractivity contribution in [1.82, 2.24) is 0 Å². The average molecular weight is 196 g/mol. The first kappa shape index (κ1) is 10.5. The van der Waals surface area contributed by atoms with Gasteiger partial charge in [0, 0.05) is 0 Å². The summed E-state index contributed by atoms with van der Waals surface area (Å²) < 4.78 is 0. The molecular weight excluding hydrogens is 172 g/mol. The summed E-state index contributed by atoms with van der Waals surface area (Å²) in [6, 6.07) is 0. The summed E-state index contributed by atoms with van der Waals surface area (Å²) in [5.74, 6) is 2.84. The van der Waals surface area contributed by atoms with Gasteiger partial charge in [-0.2, -0.15) is 0 Å². The number of aliphatic hydroxyl groups excluding tert-OH is 1. The number of hydrogen-bond acceptors (Lipinski definition) is 1. The largest absolute Gasteiger partial charge is 0.393 e. The molecule has 0 radical (unpaired) electrons. The molecule has 2 rings (SSSR count). The van der Waals surface area contributed by atoms with E-state index in [9.17, 15) is 5.11 Å². The zero-order valence-electron chi connectivity index (χ0n) is 9.41. The van der Waals surface area contributed by atoms with Crippen molar-refractivity contribution in [1.29, 1.82) is 0 Å². The zero-order chi connectivity index (χ0) is 9.97. The van der Waals surface area contributed by atoms with E-state index in [1.807, 2.05) is 0 Å². The third-order valence-electron chi connectivity index (χ3n) is 4.39. The lowest BCUT2D eigenvalue weighted by Gasteiger charge is -2.41. The van der Waals surface area contributed by atoms with Crippen LogP contribution in [0.4, 0.5) is 0 Å². The molecule has 1 heteroatoms. The molecule has 0 aliphatic heterocycles. The van der Waals surface area contributed by atoms with Crippen molar-refractivity contribution in [2.75, 3.05) is 0 Å². The van der Waals surface area contributed by atoms with Gasteiger partial charge in [-0.15, -0.1) is 0 Å². The second-order valence-electron chi connectivity index (χ2n) is 5.45. The van der Waals surface area contributed by atoms with E-state index >= 15 is 0 Å². The van der Waals surface area contributed by atoms with Crippen molar-refractivity contribution >= 4 is 0 Å². The van der Waals surface area contributed by atoms with Crippen LogP contribution in [-0.4, -0.2) is 11.2 Å². The first-order valence-corrected chi connectivity index (χ1v) is 6.47. The Kier molecular flexibility index (Phi) is 3.48. The SMILES string of the molecule is CCC[C@@H]1CC[C@@H]2C[C@H](O)CC[C@@H]2C1. The van der Waals surface area contributed by atoms with Gasteiger partial charge in [-0.25, -0.2) is 0 Å². The number of aliphatic hydroxyl groups is 1. The summed E-state index contributed by atoms with van der Waals surface area (Å²) in [6.07, 6.45) is 10.6. The molecule has 0 bridgehead atoms. The van der Waals surface area contributed by atoms with Crippen LogP contribution in [0.25, 0.3) is 0 Å². The van der Waals surface area contributed by atoms with Crippen molar-refractivity contribution in [3.63, 3.8) is 0 Å². The monoisotopic (exact) mass is 196 g/mol. The van der Waals surface area contributed by atoms with E-state index in [-0.39, 0.29) is 6.10 Å². The Labute approximate surface area is 87.9 Å². The van der Waals surface area contributed by atoms with Gasteiger partial charge in [0.25, 0.3) is 0 Å². The fourth-order valence-corrected chi connectivity index (χ4v) is 3.63. The first-order chi connectivity index (χ1) is 6.79. The van der Waals surface area contributed by atoms with Gasteiger partial charge in [-0.1, -0.05) is 26.2 Å². The van der Waals surface area contributed by atoms with Crippen LogP contribution < -0.4 is 0 Å². The molecule has 1 N–H and O–H groups in total. The Balaban J connectivity index is 1.85. The molecule has 0 amide bonds. The Hall–Kier alpha value is -0.0400. The van der Waals surface area contributed by atoms with Crippen molar-refractivity contribution in [2.45, 2.75) is 64.4 Å². The number of hydrogen-bond donors (Lipinski definition) is 1. The van der Waals surface area contributed by atoms with Gasteiger partial charge in [0.05, 0.1) is 6.10 Å². The minimum atomic E-state index is 0.0268. The van der Waals surface area contributed by atoms with Crippen LogP contribution in [0.5, 0.6) is 0 Å². The minimum Gasteiger partial charge on any atom is -0.393 e. The van der Waals surface area contributed by atoms with Crippen LogP contribution in [0.1, 0.15) is 58.3 Å². The summed E-state index contributed by atoms with van der Waals surface area (Å²) >= 11 is 0. The van der Waals surface area contributed by atoms with Gasteiger partial charge in [-0.3, -0.25) is 0 Å². The molecule has 0 unspecified atom stereocenters. The fraction of sp³-hybridized carbons (Fsp3) is 1.00. The Morgan fingerprint density at radius 2 is 1.71 bits per heavy atom. The fourth-order valence-electron chi connectivity index (χ4n) is 3.63. The van der Waals surface area contributed by atoms with Gasteiger partial charge in [-0.05, 0) is 49.9 Å². The second kappa shape index (κ2) is 4.65. The maximum atomic E-state index is 9.62. The predicted octanol–water partition coefficient (Wildman–Crippen LogP) is 3.36. The highest BCUT2D eigenvalue weighted by molar-refractivity contribution is 4.85. The van der Waals surface area contributed by atoms with E-state index in [2.05, 4.69) is 6.92 Å². The van der Waals surface area contributed by atoms with E-state index < -0.39 is 0 Å². The molecule has 0 spiro atoms. The van der Waals surface area contributed by atoms with Gasteiger partial charge in [0.2, 0.25) is 0 Å². The highest BCUT2D eigenvalue weighted by atomic mass is 16.3. The molecule has 2 saturated carbocycles. The van der Waals surface area contributed by atoms with Crippen LogP contribution in [0.2, 0.25) is 0 Å². The average Bonchev–Trinajstić information content (AvgIpc) is 2.19. The summed E-state index contributed by atoms with van der Waals surface area (Å²) in [5.41, 5.74) is 0. The molecule has 0 aromatic rings. The van der Waals surface area contributed by atoms with Crippen LogP contribution >= 0.6 is 0 Å². The van der Waals surface area contributed by atoms with E-state index in [0.717, 1.165) is 30.6 Å². The Bertz CT molecular complexity index is 178. The highest BCUT2D eigenvalue weighted by Gasteiger charge is 2.34. The van der Waals surface area contributed by atoms with E-state index in [4.69, 9.17) is 0 Å².